The summed E-state index contributed by atoms with van der Waals surface area (Å²) < 4.78 is 0. The Bertz CT molecular complexity index is 325. The van der Waals surface area contributed by atoms with Gasteiger partial charge in [0.2, 0.25) is 5.75 Å². The fraction of sp³-hybridized carbons (Fsp3) is 0.400. The van der Waals surface area contributed by atoms with Crippen LogP contribution in [0.2, 0.25) is 0 Å². The first-order chi connectivity index (χ1) is 6.56. The lowest BCUT2D eigenvalue weighted by atomic mass is 10.0. The van der Waals surface area contributed by atoms with Crippen LogP contribution in [-0.4, -0.2) is 21.4 Å². The van der Waals surface area contributed by atoms with Crippen LogP contribution < -0.4 is 5.73 Å². The van der Waals surface area contributed by atoms with Crippen LogP contribution in [0.15, 0.2) is 12.1 Å². The zero-order valence-electron chi connectivity index (χ0n) is 8.07. The normalized spacial score (nSPS) is 12.7. The van der Waals surface area contributed by atoms with Gasteiger partial charge in [0, 0.05) is 6.04 Å². The lowest BCUT2D eigenvalue weighted by Gasteiger charge is -2.11. The zero-order valence-corrected chi connectivity index (χ0v) is 8.07. The molecule has 0 aromatic heterocycles. The van der Waals surface area contributed by atoms with Crippen molar-refractivity contribution in [2.75, 3.05) is 0 Å². The Balaban J connectivity index is 2.94. The second kappa shape index (κ2) is 4.19. The van der Waals surface area contributed by atoms with Crippen molar-refractivity contribution in [2.24, 2.45) is 5.73 Å². The maximum absolute atomic E-state index is 9.46. The monoisotopic (exact) mass is 197 g/mol. The first kappa shape index (κ1) is 10.7. The number of aromatic hydroxyl groups is 3. The Morgan fingerprint density at radius 1 is 1.21 bits per heavy atom. The van der Waals surface area contributed by atoms with Crippen LogP contribution in [-0.2, 0) is 6.42 Å². The number of phenols is 3. The molecule has 0 amide bonds. The van der Waals surface area contributed by atoms with E-state index in [1.807, 2.05) is 6.92 Å². The third-order valence-electron chi connectivity index (χ3n) is 2.22. The van der Waals surface area contributed by atoms with E-state index in [0.29, 0.717) is 12.0 Å². The van der Waals surface area contributed by atoms with Crippen LogP contribution in [0.4, 0.5) is 0 Å². The van der Waals surface area contributed by atoms with Crippen molar-refractivity contribution in [1.82, 2.24) is 0 Å². The van der Waals surface area contributed by atoms with Gasteiger partial charge in [-0.25, -0.2) is 0 Å². The van der Waals surface area contributed by atoms with Crippen LogP contribution in [0.3, 0.4) is 0 Å². The smallest absolute Gasteiger partial charge is 0.200 e. The molecule has 0 radical (unpaired) electrons. The molecule has 1 atom stereocenters. The minimum absolute atomic E-state index is 0.0511. The van der Waals surface area contributed by atoms with Gasteiger partial charge in [-0.1, -0.05) is 13.0 Å². The molecule has 0 aliphatic rings. The van der Waals surface area contributed by atoms with Crippen molar-refractivity contribution in [3.8, 4) is 17.2 Å². The molecular formula is C10H15NO3. The molecule has 14 heavy (non-hydrogen) atoms. The molecule has 1 aromatic carbocycles. The van der Waals surface area contributed by atoms with Crippen molar-refractivity contribution in [3.63, 3.8) is 0 Å². The van der Waals surface area contributed by atoms with E-state index >= 15 is 0 Å². The zero-order chi connectivity index (χ0) is 10.7. The molecule has 1 unspecified atom stereocenters. The van der Waals surface area contributed by atoms with Crippen LogP contribution in [0.5, 0.6) is 17.2 Å². The molecule has 78 valence electrons. The summed E-state index contributed by atoms with van der Waals surface area (Å²) in [5.41, 5.74) is 6.26. The Morgan fingerprint density at radius 2 is 1.86 bits per heavy atom. The molecule has 1 rings (SSSR count). The molecule has 0 spiro atoms. The van der Waals surface area contributed by atoms with Gasteiger partial charge in [-0.3, -0.25) is 0 Å². The van der Waals surface area contributed by atoms with E-state index in [-0.39, 0.29) is 17.5 Å². The predicted molar refractivity (Wildman–Crippen MR) is 53.4 cm³/mol. The van der Waals surface area contributed by atoms with Gasteiger partial charge in [-0.05, 0) is 24.5 Å². The first-order valence-corrected chi connectivity index (χ1v) is 4.54. The topological polar surface area (TPSA) is 86.7 Å². The van der Waals surface area contributed by atoms with Gasteiger partial charge in [0.1, 0.15) is 0 Å². The quantitative estimate of drug-likeness (QED) is 0.546. The molecule has 5 N–H and O–H groups in total. The third-order valence-corrected chi connectivity index (χ3v) is 2.22. The summed E-state index contributed by atoms with van der Waals surface area (Å²) in [4.78, 5) is 0. The standard InChI is InChI=1S/C10H15NO3/c1-2-7(11)5-6-3-4-8(12)10(14)9(6)13/h3-4,7,12-14H,2,5,11H2,1H3. The van der Waals surface area contributed by atoms with Crippen molar-refractivity contribution < 1.29 is 15.3 Å². The second-order valence-corrected chi connectivity index (χ2v) is 3.31. The molecule has 1 aromatic rings. The van der Waals surface area contributed by atoms with E-state index in [1.165, 1.54) is 6.07 Å². The van der Waals surface area contributed by atoms with Gasteiger partial charge < -0.3 is 21.1 Å². The fourth-order valence-electron chi connectivity index (χ4n) is 1.20. The first-order valence-electron chi connectivity index (χ1n) is 4.54. The molecule has 4 heteroatoms. The van der Waals surface area contributed by atoms with Crippen molar-refractivity contribution >= 4 is 0 Å². The number of benzene rings is 1. The van der Waals surface area contributed by atoms with Gasteiger partial charge in [0.15, 0.2) is 11.5 Å². The average Bonchev–Trinajstić information content (AvgIpc) is 2.19. The van der Waals surface area contributed by atoms with Crippen LogP contribution in [0, 0.1) is 0 Å². The fourth-order valence-corrected chi connectivity index (χ4v) is 1.20. The molecule has 0 aliphatic carbocycles. The lowest BCUT2D eigenvalue weighted by Crippen LogP contribution is -2.21. The highest BCUT2D eigenvalue weighted by molar-refractivity contribution is 5.53. The number of phenolic OH excluding ortho intramolecular Hbond substituents is 3. The van der Waals surface area contributed by atoms with Crippen LogP contribution in [0.25, 0.3) is 0 Å². The molecule has 4 nitrogen and oxygen atoms in total. The Labute approximate surface area is 82.6 Å². The summed E-state index contributed by atoms with van der Waals surface area (Å²) in [6.45, 7) is 1.95. The van der Waals surface area contributed by atoms with Crippen LogP contribution in [0.1, 0.15) is 18.9 Å². The van der Waals surface area contributed by atoms with Crippen molar-refractivity contribution in [1.29, 1.82) is 0 Å². The molecule has 0 saturated heterocycles. The highest BCUT2D eigenvalue weighted by Gasteiger charge is 2.12. The van der Waals surface area contributed by atoms with E-state index in [1.54, 1.807) is 6.07 Å². The maximum Gasteiger partial charge on any atom is 0.200 e. The number of hydrogen-bond acceptors (Lipinski definition) is 4. The molecule has 0 heterocycles. The molecule has 0 saturated carbocycles. The van der Waals surface area contributed by atoms with E-state index in [4.69, 9.17) is 10.8 Å². The van der Waals surface area contributed by atoms with E-state index in [0.717, 1.165) is 6.42 Å². The van der Waals surface area contributed by atoms with Crippen molar-refractivity contribution in [3.05, 3.63) is 17.7 Å². The minimum atomic E-state index is -0.481. The summed E-state index contributed by atoms with van der Waals surface area (Å²) in [6, 6.07) is 2.84. The number of hydrogen-bond donors (Lipinski definition) is 4. The van der Waals surface area contributed by atoms with Gasteiger partial charge in [-0.15, -0.1) is 0 Å². The Kier molecular flexibility index (Phi) is 3.19. The predicted octanol–water partition coefficient (Wildman–Crippen LogP) is 1.08. The van der Waals surface area contributed by atoms with E-state index in [2.05, 4.69) is 0 Å². The van der Waals surface area contributed by atoms with E-state index < -0.39 is 5.75 Å². The summed E-state index contributed by atoms with van der Waals surface area (Å²) in [5.74, 6) is -1.09. The molecular weight excluding hydrogens is 182 g/mol. The third kappa shape index (κ3) is 2.09. The maximum atomic E-state index is 9.46. The number of nitrogens with two attached hydrogens (primary N) is 1. The van der Waals surface area contributed by atoms with Crippen molar-refractivity contribution in [2.45, 2.75) is 25.8 Å². The molecule has 0 fully saturated rings. The number of rotatable bonds is 3. The minimum Gasteiger partial charge on any atom is -0.504 e. The highest BCUT2D eigenvalue weighted by Crippen LogP contribution is 2.37. The van der Waals surface area contributed by atoms with E-state index in [9.17, 15) is 10.2 Å². The Morgan fingerprint density at radius 3 is 2.43 bits per heavy atom. The summed E-state index contributed by atoms with van der Waals surface area (Å²) >= 11 is 0. The van der Waals surface area contributed by atoms with Gasteiger partial charge in [0.05, 0.1) is 0 Å². The molecule has 0 bridgehead atoms. The van der Waals surface area contributed by atoms with Gasteiger partial charge in [-0.2, -0.15) is 0 Å². The highest BCUT2D eigenvalue weighted by atomic mass is 16.3. The Hall–Kier alpha value is -1.42. The van der Waals surface area contributed by atoms with Crippen LogP contribution >= 0.6 is 0 Å². The summed E-state index contributed by atoms with van der Waals surface area (Å²) in [5, 5.41) is 27.8. The largest absolute Gasteiger partial charge is 0.504 e. The summed E-state index contributed by atoms with van der Waals surface area (Å²) in [7, 11) is 0. The SMILES string of the molecule is CCC(N)Cc1ccc(O)c(O)c1O. The lowest BCUT2D eigenvalue weighted by molar-refractivity contribution is 0.364. The average molecular weight is 197 g/mol. The van der Waals surface area contributed by atoms with Gasteiger partial charge in [0.25, 0.3) is 0 Å². The van der Waals surface area contributed by atoms with Gasteiger partial charge >= 0.3 is 0 Å². The second-order valence-electron chi connectivity index (χ2n) is 3.31. The summed E-state index contributed by atoms with van der Waals surface area (Å²) in [6.07, 6.45) is 1.28. The molecule has 0 aliphatic heterocycles.